The maximum Gasteiger partial charge on any atom is 0.168 e. The van der Waals surface area contributed by atoms with Gasteiger partial charge in [-0.3, -0.25) is 4.90 Å². The number of likely N-dealkylation sites (tertiary alicyclic amines) is 1. The molecule has 3 fully saturated rings. The lowest BCUT2D eigenvalue weighted by Gasteiger charge is -2.39. The molecule has 3 aliphatic rings. The van der Waals surface area contributed by atoms with E-state index in [2.05, 4.69) is 4.90 Å². The van der Waals surface area contributed by atoms with Gasteiger partial charge in [0.1, 0.15) is 0 Å². The molecule has 4 heteroatoms. The lowest BCUT2D eigenvalue weighted by Crippen LogP contribution is -2.51. The smallest absolute Gasteiger partial charge is 0.168 e. The van der Waals surface area contributed by atoms with E-state index in [0.29, 0.717) is 12.5 Å². The van der Waals surface area contributed by atoms with E-state index in [4.69, 9.17) is 14.6 Å². The minimum absolute atomic E-state index is 0.216. The van der Waals surface area contributed by atoms with Crippen molar-refractivity contribution in [2.75, 3.05) is 32.8 Å². The van der Waals surface area contributed by atoms with Gasteiger partial charge < -0.3 is 14.6 Å². The molecule has 2 heterocycles. The monoisotopic (exact) mass is 227 g/mol. The number of hydrogen-bond acceptors (Lipinski definition) is 4. The van der Waals surface area contributed by atoms with Gasteiger partial charge in [0, 0.05) is 45.0 Å². The van der Waals surface area contributed by atoms with Crippen LogP contribution in [-0.4, -0.2) is 54.7 Å². The highest BCUT2D eigenvalue weighted by atomic mass is 16.7. The Morgan fingerprint density at radius 3 is 2.69 bits per heavy atom. The lowest BCUT2D eigenvalue weighted by molar-refractivity contribution is -0.165. The summed E-state index contributed by atoms with van der Waals surface area (Å²) in [5.74, 6) is 0.272. The number of ether oxygens (including phenoxy) is 2. The summed E-state index contributed by atoms with van der Waals surface area (Å²) in [7, 11) is 0. The van der Waals surface area contributed by atoms with Gasteiger partial charge >= 0.3 is 0 Å². The molecule has 0 amide bonds. The molecule has 92 valence electrons. The Balaban J connectivity index is 1.44. The van der Waals surface area contributed by atoms with Crippen LogP contribution in [0.4, 0.5) is 0 Å². The molecule has 0 bridgehead atoms. The number of nitrogens with zero attached hydrogens (tertiary/aromatic N) is 1. The quantitative estimate of drug-likeness (QED) is 0.766. The van der Waals surface area contributed by atoms with Crippen LogP contribution in [0.1, 0.15) is 25.7 Å². The molecule has 1 spiro atoms. The highest BCUT2D eigenvalue weighted by Gasteiger charge is 2.44. The molecule has 1 unspecified atom stereocenters. The van der Waals surface area contributed by atoms with Crippen molar-refractivity contribution >= 4 is 0 Å². The minimum Gasteiger partial charge on any atom is -0.396 e. The molecule has 0 aromatic carbocycles. The number of rotatable bonds is 3. The zero-order valence-corrected chi connectivity index (χ0v) is 9.73. The molecule has 0 radical (unpaired) electrons. The van der Waals surface area contributed by atoms with Crippen molar-refractivity contribution in [3.8, 4) is 0 Å². The predicted molar refractivity (Wildman–Crippen MR) is 59.0 cm³/mol. The van der Waals surface area contributed by atoms with Crippen LogP contribution in [0, 0.1) is 5.92 Å². The number of aliphatic hydroxyl groups is 1. The van der Waals surface area contributed by atoms with E-state index in [9.17, 15) is 0 Å². The third-order valence-corrected chi connectivity index (χ3v) is 4.03. The molecule has 3 rings (SSSR count). The fourth-order valence-corrected chi connectivity index (χ4v) is 3.11. The largest absolute Gasteiger partial charge is 0.396 e. The van der Waals surface area contributed by atoms with Gasteiger partial charge in [-0.2, -0.15) is 0 Å². The van der Waals surface area contributed by atoms with Crippen molar-refractivity contribution in [3.05, 3.63) is 0 Å². The van der Waals surface area contributed by atoms with E-state index >= 15 is 0 Å². The molecule has 0 aromatic rings. The Morgan fingerprint density at radius 1 is 1.25 bits per heavy atom. The van der Waals surface area contributed by atoms with Crippen LogP contribution in [0.5, 0.6) is 0 Å². The summed E-state index contributed by atoms with van der Waals surface area (Å²) >= 11 is 0. The van der Waals surface area contributed by atoms with Crippen LogP contribution >= 0.6 is 0 Å². The van der Waals surface area contributed by atoms with E-state index in [1.54, 1.807) is 0 Å². The standard InChI is InChI=1S/C12H21NO3/c14-8-10-5-13(6-10)7-11-9-15-12(16-11)3-1-2-4-12/h10-11,14H,1-9H2. The Kier molecular flexibility index (Phi) is 2.92. The summed E-state index contributed by atoms with van der Waals surface area (Å²) in [6.07, 6.45) is 4.87. The summed E-state index contributed by atoms with van der Waals surface area (Å²) < 4.78 is 11.9. The first-order chi connectivity index (χ1) is 7.80. The maximum atomic E-state index is 8.95. The molecule has 1 aliphatic carbocycles. The Hall–Kier alpha value is -0.160. The molecule has 0 aromatic heterocycles. The van der Waals surface area contributed by atoms with Crippen LogP contribution in [0.2, 0.25) is 0 Å². The SMILES string of the molecule is OCC1CN(CC2COC3(CCCC3)O2)C1. The molecule has 2 saturated heterocycles. The minimum atomic E-state index is -0.216. The maximum absolute atomic E-state index is 8.95. The topological polar surface area (TPSA) is 41.9 Å². The van der Waals surface area contributed by atoms with Crippen LogP contribution in [0.3, 0.4) is 0 Å². The van der Waals surface area contributed by atoms with Gasteiger partial charge in [-0.15, -0.1) is 0 Å². The van der Waals surface area contributed by atoms with E-state index < -0.39 is 0 Å². The Bertz CT molecular complexity index is 247. The molecule has 1 atom stereocenters. The van der Waals surface area contributed by atoms with Crippen molar-refractivity contribution in [1.29, 1.82) is 0 Å². The average molecular weight is 227 g/mol. The first-order valence-electron chi connectivity index (χ1n) is 6.45. The lowest BCUT2D eigenvalue weighted by atomic mass is 10.0. The first-order valence-corrected chi connectivity index (χ1v) is 6.45. The number of aliphatic hydroxyl groups excluding tert-OH is 1. The molecule has 16 heavy (non-hydrogen) atoms. The van der Waals surface area contributed by atoms with Crippen molar-refractivity contribution in [1.82, 2.24) is 4.90 Å². The van der Waals surface area contributed by atoms with Crippen molar-refractivity contribution in [2.24, 2.45) is 5.92 Å². The van der Waals surface area contributed by atoms with Crippen LogP contribution in [0.25, 0.3) is 0 Å². The normalized spacial score (nSPS) is 34.7. The third kappa shape index (κ3) is 1.99. The van der Waals surface area contributed by atoms with Gasteiger partial charge in [0.15, 0.2) is 5.79 Å². The number of hydrogen-bond donors (Lipinski definition) is 1. The molecule has 2 aliphatic heterocycles. The second-order valence-corrected chi connectivity index (χ2v) is 5.44. The second-order valence-electron chi connectivity index (χ2n) is 5.44. The van der Waals surface area contributed by atoms with Crippen molar-refractivity contribution in [2.45, 2.75) is 37.6 Å². The fraction of sp³-hybridized carbons (Fsp3) is 1.00. The predicted octanol–water partition coefficient (Wildman–Crippen LogP) is 0.596. The Labute approximate surface area is 96.5 Å². The average Bonchev–Trinajstić information content (AvgIpc) is 2.83. The van der Waals surface area contributed by atoms with Gasteiger partial charge in [0.05, 0.1) is 12.7 Å². The Morgan fingerprint density at radius 2 is 2.00 bits per heavy atom. The highest BCUT2D eigenvalue weighted by Crippen LogP contribution is 2.39. The summed E-state index contributed by atoms with van der Waals surface area (Å²) in [6, 6.07) is 0. The molecular formula is C12H21NO3. The van der Waals surface area contributed by atoms with Crippen molar-refractivity contribution in [3.63, 3.8) is 0 Å². The summed E-state index contributed by atoms with van der Waals surface area (Å²) in [4.78, 5) is 2.35. The van der Waals surface area contributed by atoms with Gasteiger partial charge in [-0.05, 0) is 12.8 Å². The van der Waals surface area contributed by atoms with Gasteiger partial charge in [-0.1, -0.05) is 0 Å². The van der Waals surface area contributed by atoms with Gasteiger partial charge in [0.25, 0.3) is 0 Å². The van der Waals surface area contributed by atoms with E-state index in [1.165, 1.54) is 12.8 Å². The van der Waals surface area contributed by atoms with Gasteiger partial charge in [0.2, 0.25) is 0 Å². The molecular weight excluding hydrogens is 206 g/mol. The summed E-state index contributed by atoms with van der Waals surface area (Å²) in [6.45, 7) is 4.08. The van der Waals surface area contributed by atoms with E-state index in [1.807, 2.05) is 0 Å². The van der Waals surface area contributed by atoms with Crippen LogP contribution in [0.15, 0.2) is 0 Å². The summed E-state index contributed by atoms with van der Waals surface area (Å²) in [5.41, 5.74) is 0. The molecule has 1 N–H and O–H groups in total. The first kappa shape index (κ1) is 11.0. The van der Waals surface area contributed by atoms with Crippen molar-refractivity contribution < 1.29 is 14.6 Å². The van der Waals surface area contributed by atoms with E-state index in [0.717, 1.165) is 39.1 Å². The second kappa shape index (κ2) is 4.26. The third-order valence-electron chi connectivity index (χ3n) is 4.03. The highest BCUT2D eigenvalue weighted by molar-refractivity contribution is 4.87. The zero-order valence-electron chi connectivity index (χ0n) is 9.73. The zero-order chi connectivity index (χ0) is 11.0. The van der Waals surface area contributed by atoms with E-state index in [-0.39, 0.29) is 11.9 Å². The molecule has 1 saturated carbocycles. The summed E-state index contributed by atoms with van der Waals surface area (Å²) in [5, 5.41) is 8.95. The van der Waals surface area contributed by atoms with Crippen LogP contribution in [-0.2, 0) is 9.47 Å². The molecule has 4 nitrogen and oxygen atoms in total. The fourth-order valence-electron chi connectivity index (χ4n) is 3.11. The van der Waals surface area contributed by atoms with Gasteiger partial charge in [-0.25, -0.2) is 0 Å². The van der Waals surface area contributed by atoms with Crippen LogP contribution < -0.4 is 0 Å².